The number of nitrogens with zero attached hydrogens (tertiary/aromatic N) is 1. The molecule has 0 fully saturated rings. The maximum Gasteiger partial charge on any atom is 0.375 e. The summed E-state index contributed by atoms with van der Waals surface area (Å²) < 4.78 is 0. The molecule has 3 aromatic carbocycles. The third kappa shape index (κ3) is 5.95. The van der Waals surface area contributed by atoms with E-state index in [9.17, 15) is 9.59 Å². The van der Waals surface area contributed by atoms with Gasteiger partial charge in [0.1, 0.15) is 5.60 Å². The lowest BCUT2D eigenvalue weighted by molar-refractivity contribution is -0.301. The van der Waals surface area contributed by atoms with E-state index in [1.165, 1.54) is 0 Å². The topological polar surface area (TPSA) is 67.9 Å². The lowest BCUT2D eigenvalue weighted by Crippen LogP contribution is -2.23. The average Bonchev–Trinajstić information content (AvgIpc) is 2.77. The molecule has 0 bridgehead atoms. The number of anilines is 2. The van der Waals surface area contributed by atoms with Crippen LogP contribution in [-0.4, -0.2) is 31.6 Å². The Morgan fingerprint density at radius 1 is 0.844 bits per heavy atom. The van der Waals surface area contributed by atoms with Gasteiger partial charge in [-0.1, -0.05) is 36.4 Å². The third-order valence-electron chi connectivity index (χ3n) is 4.61. The van der Waals surface area contributed by atoms with Crippen molar-refractivity contribution in [2.75, 3.05) is 24.3 Å². The quantitative estimate of drug-likeness (QED) is 0.408. The van der Waals surface area contributed by atoms with E-state index < -0.39 is 11.6 Å². The van der Waals surface area contributed by atoms with Crippen molar-refractivity contribution in [3.05, 3.63) is 83.9 Å². The summed E-state index contributed by atoms with van der Waals surface area (Å²) in [6.45, 7) is 5.33. The Morgan fingerprint density at radius 2 is 1.47 bits per heavy atom. The molecule has 0 aliphatic carbocycles. The van der Waals surface area contributed by atoms with Crippen LogP contribution in [0.4, 0.5) is 11.4 Å². The Labute approximate surface area is 188 Å². The molecular weight excluding hydrogens is 404 g/mol. The van der Waals surface area contributed by atoms with Crippen LogP contribution in [0.3, 0.4) is 0 Å². The highest BCUT2D eigenvalue weighted by Crippen LogP contribution is 2.28. The van der Waals surface area contributed by atoms with Crippen molar-refractivity contribution in [1.82, 2.24) is 0 Å². The van der Waals surface area contributed by atoms with Crippen molar-refractivity contribution in [1.29, 1.82) is 0 Å². The van der Waals surface area contributed by atoms with Gasteiger partial charge in [-0.3, -0.25) is 9.68 Å². The Bertz CT molecular complexity index is 1090. The molecule has 0 atom stereocenters. The van der Waals surface area contributed by atoms with Gasteiger partial charge in [-0.25, -0.2) is 4.79 Å². The highest BCUT2D eigenvalue weighted by atomic mass is 17.2. The predicted molar refractivity (Wildman–Crippen MR) is 127 cm³/mol. The second-order valence-electron chi connectivity index (χ2n) is 8.59. The first-order valence-electron chi connectivity index (χ1n) is 10.3. The Hall–Kier alpha value is -3.64. The summed E-state index contributed by atoms with van der Waals surface area (Å²) in [7, 11) is 3.96. The van der Waals surface area contributed by atoms with Crippen LogP contribution < -0.4 is 10.2 Å². The molecule has 0 aliphatic rings. The monoisotopic (exact) mass is 432 g/mol. The van der Waals surface area contributed by atoms with Crippen LogP contribution >= 0.6 is 0 Å². The van der Waals surface area contributed by atoms with Gasteiger partial charge in [-0.2, -0.15) is 4.89 Å². The zero-order valence-electron chi connectivity index (χ0n) is 19.0. The van der Waals surface area contributed by atoms with E-state index in [-0.39, 0.29) is 11.5 Å². The summed E-state index contributed by atoms with van der Waals surface area (Å²) in [5.74, 6) is -1.01. The van der Waals surface area contributed by atoms with E-state index in [1.807, 2.05) is 55.4 Å². The van der Waals surface area contributed by atoms with Gasteiger partial charge in [0.25, 0.3) is 5.91 Å². The molecule has 32 heavy (non-hydrogen) atoms. The second kappa shape index (κ2) is 9.66. The normalized spacial score (nSPS) is 11.0. The molecule has 6 nitrogen and oxygen atoms in total. The van der Waals surface area contributed by atoms with E-state index in [4.69, 9.17) is 9.78 Å². The van der Waals surface area contributed by atoms with E-state index in [1.54, 1.807) is 57.2 Å². The summed E-state index contributed by atoms with van der Waals surface area (Å²) >= 11 is 0. The van der Waals surface area contributed by atoms with Crippen LogP contribution in [-0.2, 0) is 9.78 Å². The number of hydrogen-bond donors (Lipinski definition) is 1. The van der Waals surface area contributed by atoms with Gasteiger partial charge in [0.15, 0.2) is 0 Å². The molecule has 1 amide bonds. The molecule has 0 saturated heterocycles. The first kappa shape index (κ1) is 23.0. The van der Waals surface area contributed by atoms with Gasteiger partial charge in [-0.15, -0.1) is 0 Å². The SMILES string of the molecule is CN(C)c1ccc(-c2ccc(C(=O)OOC(C)(C)C)c(NC(=O)c3ccccc3)c2)cc1. The van der Waals surface area contributed by atoms with E-state index in [2.05, 4.69) is 5.32 Å². The summed E-state index contributed by atoms with van der Waals surface area (Å²) in [6.07, 6.45) is 0. The molecule has 0 spiro atoms. The highest BCUT2D eigenvalue weighted by molar-refractivity contribution is 6.08. The largest absolute Gasteiger partial charge is 0.378 e. The molecule has 3 aromatic rings. The van der Waals surface area contributed by atoms with Crippen molar-refractivity contribution < 1.29 is 19.4 Å². The summed E-state index contributed by atoms with van der Waals surface area (Å²) in [4.78, 5) is 37.7. The second-order valence-corrected chi connectivity index (χ2v) is 8.59. The van der Waals surface area contributed by atoms with E-state index in [0.29, 0.717) is 11.3 Å². The van der Waals surface area contributed by atoms with Crippen LogP contribution in [0.1, 0.15) is 41.5 Å². The van der Waals surface area contributed by atoms with Gasteiger partial charge in [0.2, 0.25) is 0 Å². The number of benzene rings is 3. The van der Waals surface area contributed by atoms with Crippen LogP contribution in [0.2, 0.25) is 0 Å². The van der Waals surface area contributed by atoms with Crippen molar-refractivity contribution in [3.8, 4) is 11.1 Å². The first-order valence-corrected chi connectivity index (χ1v) is 10.3. The number of hydrogen-bond acceptors (Lipinski definition) is 5. The maximum absolute atomic E-state index is 12.8. The minimum Gasteiger partial charge on any atom is -0.378 e. The number of carbonyl (C=O) groups excluding carboxylic acids is 2. The van der Waals surface area contributed by atoms with Crippen LogP contribution in [0, 0.1) is 0 Å². The molecule has 1 N–H and O–H groups in total. The molecule has 0 radical (unpaired) electrons. The summed E-state index contributed by atoms with van der Waals surface area (Å²) in [5.41, 5.74) is 3.26. The molecule has 0 unspecified atom stereocenters. The smallest absolute Gasteiger partial charge is 0.375 e. The predicted octanol–water partition coefficient (Wildman–Crippen LogP) is 5.56. The van der Waals surface area contributed by atoms with Crippen LogP contribution in [0.25, 0.3) is 11.1 Å². The van der Waals surface area contributed by atoms with Gasteiger partial charge in [0.05, 0.1) is 11.3 Å². The molecule has 0 aromatic heterocycles. The maximum atomic E-state index is 12.8. The fraction of sp³-hybridized carbons (Fsp3) is 0.231. The Morgan fingerprint density at radius 3 is 2.06 bits per heavy atom. The van der Waals surface area contributed by atoms with Crippen molar-refractivity contribution in [3.63, 3.8) is 0 Å². The zero-order valence-corrected chi connectivity index (χ0v) is 19.0. The number of rotatable bonds is 6. The number of amides is 1. The van der Waals surface area contributed by atoms with E-state index >= 15 is 0 Å². The Balaban J connectivity index is 1.95. The molecule has 6 heteroatoms. The van der Waals surface area contributed by atoms with Crippen LogP contribution in [0.5, 0.6) is 0 Å². The Kier molecular flexibility index (Phi) is 6.95. The molecule has 0 saturated carbocycles. The third-order valence-corrected chi connectivity index (χ3v) is 4.61. The van der Waals surface area contributed by atoms with Crippen molar-refractivity contribution in [2.24, 2.45) is 0 Å². The molecular formula is C26H28N2O4. The fourth-order valence-electron chi connectivity index (χ4n) is 2.95. The molecule has 0 heterocycles. The molecule has 3 rings (SSSR count). The standard InChI is InChI=1S/C26H28N2O4/c1-26(2,3)32-31-25(30)22-16-13-20(18-11-14-21(15-12-18)28(4)5)17-23(22)27-24(29)19-9-7-6-8-10-19/h6-17H,1-5H3,(H,27,29). The minimum atomic E-state index is -0.683. The van der Waals surface area contributed by atoms with Gasteiger partial charge < -0.3 is 10.2 Å². The van der Waals surface area contributed by atoms with Gasteiger partial charge >= 0.3 is 5.97 Å². The van der Waals surface area contributed by atoms with Gasteiger partial charge in [-0.05, 0) is 68.3 Å². The summed E-state index contributed by atoms with van der Waals surface area (Å²) in [6, 6.07) is 22.0. The van der Waals surface area contributed by atoms with Crippen molar-refractivity contribution >= 4 is 23.3 Å². The van der Waals surface area contributed by atoms with Gasteiger partial charge in [0, 0.05) is 25.3 Å². The average molecular weight is 433 g/mol. The fourth-order valence-corrected chi connectivity index (χ4v) is 2.95. The van der Waals surface area contributed by atoms with E-state index in [0.717, 1.165) is 16.8 Å². The number of carbonyl (C=O) groups is 2. The number of nitrogens with one attached hydrogen (secondary N) is 1. The molecule has 166 valence electrons. The van der Waals surface area contributed by atoms with Crippen molar-refractivity contribution in [2.45, 2.75) is 26.4 Å². The highest BCUT2D eigenvalue weighted by Gasteiger charge is 2.21. The molecule has 0 aliphatic heterocycles. The first-order chi connectivity index (χ1) is 15.1. The van der Waals surface area contributed by atoms with Crippen LogP contribution in [0.15, 0.2) is 72.8 Å². The lowest BCUT2D eigenvalue weighted by Gasteiger charge is -2.18. The zero-order chi connectivity index (χ0) is 23.3. The summed E-state index contributed by atoms with van der Waals surface area (Å²) in [5, 5.41) is 2.84. The minimum absolute atomic E-state index is 0.201. The lowest BCUT2D eigenvalue weighted by atomic mass is 10.0.